The minimum absolute atomic E-state index is 0.0839. The molecule has 0 aromatic heterocycles. The number of hydrogen-bond acceptors (Lipinski definition) is 4. The van der Waals surface area contributed by atoms with Crippen molar-refractivity contribution in [1.82, 2.24) is 9.96 Å². The summed E-state index contributed by atoms with van der Waals surface area (Å²) >= 11 is 0. The Kier molecular flexibility index (Phi) is 3.51. The fraction of sp³-hybridized carbons (Fsp3) is 0.714. The van der Waals surface area contributed by atoms with Crippen molar-refractivity contribution in [2.45, 2.75) is 6.18 Å². The lowest BCUT2D eigenvalue weighted by Gasteiger charge is -2.30. The maximum absolute atomic E-state index is 11.8. The minimum atomic E-state index is -4.98. The van der Waals surface area contributed by atoms with Crippen LogP contribution in [0.5, 0.6) is 0 Å². The highest BCUT2D eigenvalue weighted by Gasteiger charge is 2.42. The third kappa shape index (κ3) is 3.39. The molecule has 0 aliphatic carbocycles. The van der Waals surface area contributed by atoms with Gasteiger partial charge in [-0.15, -0.1) is 5.06 Å². The molecule has 0 N–H and O–H groups in total. The zero-order chi connectivity index (χ0) is 11.5. The third-order valence-electron chi connectivity index (χ3n) is 1.87. The molecule has 5 nitrogen and oxygen atoms in total. The number of rotatable bonds is 2. The second-order valence-corrected chi connectivity index (χ2v) is 2.95. The number of carbonyl (C=O) groups excluding carboxylic acids is 2. The molecular formula is C7H9F3N2O3. The third-order valence-corrected chi connectivity index (χ3v) is 1.87. The highest BCUT2D eigenvalue weighted by atomic mass is 19.4. The Balaban J connectivity index is 2.36. The largest absolute Gasteiger partial charge is 0.492 e. The van der Waals surface area contributed by atoms with E-state index in [4.69, 9.17) is 0 Å². The van der Waals surface area contributed by atoms with Gasteiger partial charge in [-0.2, -0.15) is 13.2 Å². The van der Waals surface area contributed by atoms with E-state index in [0.717, 1.165) is 5.06 Å². The lowest BCUT2D eigenvalue weighted by atomic mass is 10.4. The van der Waals surface area contributed by atoms with Crippen LogP contribution >= 0.6 is 0 Å². The Morgan fingerprint density at radius 3 is 2.13 bits per heavy atom. The lowest BCUT2D eigenvalue weighted by Crippen LogP contribution is -2.47. The highest BCUT2D eigenvalue weighted by Crippen LogP contribution is 2.17. The first kappa shape index (κ1) is 11.8. The van der Waals surface area contributed by atoms with E-state index in [-0.39, 0.29) is 26.2 Å². The Labute approximate surface area is 83.3 Å². The number of nitrogens with zero attached hydrogens (tertiary/aromatic N) is 2. The number of piperazine rings is 1. The average molecular weight is 226 g/mol. The van der Waals surface area contributed by atoms with Crippen molar-refractivity contribution in [2.24, 2.45) is 0 Å². The molecule has 1 fully saturated rings. The summed E-state index contributed by atoms with van der Waals surface area (Å²) in [6.07, 6.45) is -4.38. The molecule has 0 bridgehead atoms. The number of carbonyl (C=O) groups is 2. The van der Waals surface area contributed by atoms with Gasteiger partial charge in [0.2, 0.25) is 6.41 Å². The Morgan fingerprint density at radius 2 is 1.73 bits per heavy atom. The standard InChI is InChI=1S/C7H9F3N2O3/c8-7(9,10)6(14)15-12-3-1-11(5-13)2-4-12/h5H,1-4H2. The summed E-state index contributed by atoms with van der Waals surface area (Å²) in [7, 11) is 0. The molecule has 86 valence electrons. The van der Waals surface area contributed by atoms with Crippen LogP contribution in [0.3, 0.4) is 0 Å². The van der Waals surface area contributed by atoms with Crippen LogP contribution in [-0.2, 0) is 14.4 Å². The van der Waals surface area contributed by atoms with E-state index in [1.807, 2.05) is 0 Å². The molecule has 1 heterocycles. The monoisotopic (exact) mass is 226 g/mol. The van der Waals surface area contributed by atoms with Gasteiger partial charge in [-0.05, 0) is 0 Å². The molecule has 1 aliphatic rings. The minimum Gasteiger partial charge on any atom is -0.361 e. The predicted molar refractivity (Wildman–Crippen MR) is 41.4 cm³/mol. The summed E-state index contributed by atoms with van der Waals surface area (Å²) in [5.41, 5.74) is 0. The maximum atomic E-state index is 11.8. The number of hydrogen-bond donors (Lipinski definition) is 0. The zero-order valence-corrected chi connectivity index (χ0v) is 7.66. The van der Waals surface area contributed by atoms with Gasteiger partial charge in [-0.1, -0.05) is 0 Å². The van der Waals surface area contributed by atoms with E-state index in [9.17, 15) is 22.8 Å². The van der Waals surface area contributed by atoms with Gasteiger partial charge in [0.1, 0.15) is 0 Å². The Bertz CT molecular complexity index is 248. The molecule has 0 saturated carbocycles. The van der Waals surface area contributed by atoms with E-state index in [1.165, 1.54) is 4.90 Å². The smallest absolute Gasteiger partial charge is 0.361 e. The van der Waals surface area contributed by atoms with Crippen LogP contribution in [-0.4, -0.2) is 54.7 Å². The first-order chi connectivity index (χ1) is 6.93. The van der Waals surface area contributed by atoms with Crippen LogP contribution in [0.2, 0.25) is 0 Å². The molecule has 1 aliphatic heterocycles. The molecule has 0 unspecified atom stereocenters. The van der Waals surface area contributed by atoms with E-state index < -0.39 is 12.1 Å². The van der Waals surface area contributed by atoms with E-state index >= 15 is 0 Å². The second-order valence-electron chi connectivity index (χ2n) is 2.95. The van der Waals surface area contributed by atoms with Gasteiger partial charge < -0.3 is 9.74 Å². The molecule has 15 heavy (non-hydrogen) atoms. The average Bonchev–Trinajstić information content (AvgIpc) is 2.17. The van der Waals surface area contributed by atoms with Gasteiger partial charge in [-0.3, -0.25) is 4.79 Å². The molecule has 1 saturated heterocycles. The van der Waals surface area contributed by atoms with Crippen LogP contribution in [0, 0.1) is 0 Å². The van der Waals surface area contributed by atoms with Gasteiger partial charge in [0, 0.05) is 13.1 Å². The second kappa shape index (κ2) is 4.47. The van der Waals surface area contributed by atoms with Crippen molar-refractivity contribution in [3.63, 3.8) is 0 Å². The summed E-state index contributed by atoms with van der Waals surface area (Å²) in [6.45, 7) is 0.657. The predicted octanol–water partition coefficient (Wildman–Crippen LogP) is -0.219. The quantitative estimate of drug-likeness (QED) is 0.611. The van der Waals surface area contributed by atoms with Crippen LogP contribution < -0.4 is 0 Å². The van der Waals surface area contributed by atoms with E-state index in [2.05, 4.69) is 4.84 Å². The molecule has 1 amide bonds. The normalized spacial score (nSPS) is 18.7. The fourth-order valence-corrected chi connectivity index (χ4v) is 1.07. The van der Waals surface area contributed by atoms with E-state index in [1.54, 1.807) is 0 Å². The van der Waals surface area contributed by atoms with Crippen molar-refractivity contribution >= 4 is 12.4 Å². The Hall–Kier alpha value is -1.31. The highest BCUT2D eigenvalue weighted by molar-refractivity contribution is 5.75. The zero-order valence-electron chi connectivity index (χ0n) is 7.66. The van der Waals surface area contributed by atoms with Crippen LogP contribution in [0.1, 0.15) is 0 Å². The van der Waals surface area contributed by atoms with Crippen molar-refractivity contribution in [1.29, 1.82) is 0 Å². The van der Waals surface area contributed by atoms with Gasteiger partial charge in [0.15, 0.2) is 0 Å². The van der Waals surface area contributed by atoms with Crippen LogP contribution in [0.4, 0.5) is 13.2 Å². The fourth-order valence-electron chi connectivity index (χ4n) is 1.07. The molecule has 0 atom stereocenters. The van der Waals surface area contributed by atoms with Gasteiger partial charge >= 0.3 is 12.1 Å². The van der Waals surface area contributed by atoms with E-state index in [0.29, 0.717) is 6.41 Å². The summed E-state index contributed by atoms with van der Waals surface area (Å²) < 4.78 is 35.3. The summed E-state index contributed by atoms with van der Waals surface area (Å²) in [5, 5.41) is 0.899. The van der Waals surface area contributed by atoms with Gasteiger partial charge in [0.25, 0.3) is 0 Å². The molecule has 8 heteroatoms. The number of hydroxylamine groups is 2. The number of halogens is 3. The number of alkyl halides is 3. The SMILES string of the molecule is O=CN1CCN(OC(=O)C(F)(F)F)CC1. The molecule has 0 radical (unpaired) electrons. The van der Waals surface area contributed by atoms with Crippen LogP contribution in [0.25, 0.3) is 0 Å². The maximum Gasteiger partial charge on any atom is 0.492 e. The molecule has 1 rings (SSSR count). The summed E-state index contributed by atoms with van der Waals surface area (Å²) in [5.74, 6) is -2.23. The van der Waals surface area contributed by atoms with Gasteiger partial charge in [0.05, 0.1) is 13.1 Å². The molecular weight excluding hydrogens is 217 g/mol. The summed E-state index contributed by atoms with van der Waals surface area (Å²) in [4.78, 5) is 26.1. The van der Waals surface area contributed by atoms with Crippen molar-refractivity contribution in [3.05, 3.63) is 0 Å². The van der Waals surface area contributed by atoms with Crippen molar-refractivity contribution in [2.75, 3.05) is 26.2 Å². The van der Waals surface area contributed by atoms with Crippen molar-refractivity contribution in [3.8, 4) is 0 Å². The van der Waals surface area contributed by atoms with Crippen molar-refractivity contribution < 1.29 is 27.6 Å². The van der Waals surface area contributed by atoms with Crippen LogP contribution in [0.15, 0.2) is 0 Å². The molecule has 0 aromatic rings. The first-order valence-corrected chi connectivity index (χ1v) is 4.17. The summed E-state index contributed by atoms with van der Waals surface area (Å²) in [6, 6.07) is 0. The first-order valence-electron chi connectivity index (χ1n) is 4.17. The molecule has 0 spiro atoms. The number of amides is 1. The Morgan fingerprint density at radius 1 is 1.20 bits per heavy atom. The van der Waals surface area contributed by atoms with Gasteiger partial charge in [-0.25, -0.2) is 4.79 Å². The topological polar surface area (TPSA) is 49.9 Å². The lowest BCUT2D eigenvalue weighted by molar-refractivity contribution is -0.242. The molecule has 0 aromatic carbocycles.